The third kappa shape index (κ3) is 2.47. The van der Waals surface area contributed by atoms with Crippen LogP contribution in [0.2, 0.25) is 0 Å². The average Bonchev–Trinajstić information content (AvgIpc) is 2.76. The number of carbonyl (C=O) groups excluding carboxylic acids is 1. The molecule has 0 heterocycles. The van der Waals surface area contributed by atoms with Gasteiger partial charge in [-0.2, -0.15) is 0 Å². The van der Waals surface area contributed by atoms with Crippen molar-refractivity contribution in [1.82, 2.24) is 0 Å². The zero-order chi connectivity index (χ0) is 19.8. The van der Waals surface area contributed by atoms with Gasteiger partial charge in [0.05, 0.1) is 6.10 Å². The summed E-state index contributed by atoms with van der Waals surface area (Å²) in [6, 6.07) is 0. The summed E-state index contributed by atoms with van der Waals surface area (Å²) < 4.78 is 0. The van der Waals surface area contributed by atoms with Gasteiger partial charge in [0.1, 0.15) is 11.7 Å². The van der Waals surface area contributed by atoms with Gasteiger partial charge in [-0.05, 0) is 74.7 Å². The highest BCUT2D eigenvalue weighted by molar-refractivity contribution is 9.09. The Kier molecular flexibility index (Phi) is 4.74. The summed E-state index contributed by atoms with van der Waals surface area (Å²) in [7, 11) is 0. The first-order chi connectivity index (χ1) is 12.6. The van der Waals surface area contributed by atoms with Gasteiger partial charge in [0, 0.05) is 16.2 Å². The second-order valence-corrected chi connectivity index (χ2v) is 11.4. The highest BCUT2D eigenvalue weighted by atomic mass is 79.9. The molecule has 4 aliphatic rings. The lowest BCUT2D eigenvalue weighted by atomic mass is 9.43. The van der Waals surface area contributed by atoms with Crippen molar-refractivity contribution in [2.75, 3.05) is 0 Å². The highest BCUT2D eigenvalue weighted by Gasteiger charge is 2.72. The maximum atomic E-state index is 12.9. The molecule has 4 nitrogen and oxygen atoms in total. The number of hydrogen-bond acceptors (Lipinski definition) is 4. The molecule has 4 rings (SSSR count). The summed E-state index contributed by atoms with van der Waals surface area (Å²) in [6.07, 6.45) is 7.22. The van der Waals surface area contributed by atoms with Gasteiger partial charge in [0.2, 0.25) is 0 Å². The van der Waals surface area contributed by atoms with Crippen LogP contribution in [0.5, 0.6) is 0 Å². The molecule has 4 fully saturated rings. The molecule has 0 aromatic rings. The fourth-order valence-electron chi connectivity index (χ4n) is 7.62. The van der Waals surface area contributed by atoms with E-state index >= 15 is 0 Å². The number of halogens is 1. The zero-order valence-corrected chi connectivity index (χ0v) is 18.2. The Balaban J connectivity index is 1.76. The number of allylic oxidation sites excluding steroid dienone is 1. The third-order valence-corrected chi connectivity index (χ3v) is 9.97. The normalized spacial score (nSPS) is 58.0. The number of aliphatic hydroxyl groups excluding tert-OH is 2. The molecule has 5 heteroatoms. The molecule has 0 aliphatic heterocycles. The van der Waals surface area contributed by atoms with E-state index in [-0.39, 0.29) is 17.3 Å². The van der Waals surface area contributed by atoms with Gasteiger partial charge >= 0.3 is 0 Å². The molecule has 4 saturated carbocycles. The van der Waals surface area contributed by atoms with E-state index in [9.17, 15) is 20.1 Å². The van der Waals surface area contributed by atoms with E-state index in [2.05, 4.69) is 22.9 Å². The van der Waals surface area contributed by atoms with Crippen LogP contribution in [-0.4, -0.2) is 43.7 Å². The zero-order valence-electron chi connectivity index (χ0n) is 16.6. The fourth-order valence-corrected chi connectivity index (χ4v) is 8.30. The molecule has 0 aromatic heterocycles. The lowest BCUT2D eigenvalue weighted by Crippen LogP contribution is -2.61. The van der Waals surface area contributed by atoms with E-state index in [4.69, 9.17) is 0 Å². The molecule has 0 bridgehead atoms. The molecule has 3 unspecified atom stereocenters. The van der Waals surface area contributed by atoms with Crippen LogP contribution in [0.25, 0.3) is 0 Å². The smallest absolute Gasteiger partial charge is 0.197 e. The van der Waals surface area contributed by atoms with Crippen molar-refractivity contribution in [3.8, 4) is 0 Å². The summed E-state index contributed by atoms with van der Waals surface area (Å²) >= 11 is 3.78. The monoisotopic (exact) mass is 440 g/mol. The van der Waals surface area contributed by atoms with Crippen molar-refractivity contribution in [3.05, 3.63) is 12.2 Å². The van der Waals surface area contributed by atoms with Crippen LogP contribution >= 0.6 is 15.9 Å². The van der Waals surface area contributed by atoms with Crippen LogP contribution in [0.15, 0.2) is 12.2 Å². The first-order valence-electron chi connectivity index (χ1n) is 10.5. The van der Waals surface area contributed by atoms with Gasteiger partial charge in [-0.15, -0.1) is 0 Å². The molecular formula is C22H33BrO4. The molecule has 0 aromatic carbocycles. The molecule has 0 radical (unpaired) electrons. The van der Waals surface area contributed by atoms with Gasteiger partial charge in [0.15, 0.2) is 5.78 Å². The summed E-state index contributed by atoms with van der Waals surface area (Å²) in [5, 5.41) is 33.4. The Labute approximate surface area is 170 Å². The van der Waals surface area contributed by atoms with Crippen molar-refractivity contribution in [2.45, 2.75) is 81.9 Å². The number of carbonyl (C=O) groups is 1. The summed E-state index contributed by atoms with van der Waals surface area (Å²) in [5.41, 5.74) is -2.23. The minimum absolute atomic E-state index is 0.130. The van der Waals surface area contributed by atoms with Crippen LogP contribution in [0.4, 0.5) is 0 Å². The largest absolute Gasteiger partial charge is 0.393 e. The minimum Gasteiger partial charge on any atom is -0.393 e. The molecule has 27 heavy (non-hydrogen) atoms. The second-order valence-electron chi connectivity index (χ2n) is 10.1. The first kappa shape index (κ1) is 20.1. The highest BCUT2D eigenvalue weighted by Crippen LogP contribution is 2.68. The minimum atomic E-state index is -1.64. The van der Waals surface area contributed by atoms with Gasteiger partial charge in [-0.1, -0.05) is 35.9 Å². The molecule has 152 valence electrons. The van der Waals surface area contributed by atoms with E-state index in [0.29, 0.717) is 23.1 Å². The maximum Gasteiger partial charge on any atom is 0.197 e. The molecule has 3 N–H and O–H groups in total. The van der Waals surface area contributed by atoms with E-state index in [1.807, 2.05) is 6.92 Å². The first-order valence-corrected chi connectivity index (χ1v) is 11.4. The third-order valence-electron chi connectivity index (χ3n) is 9.14. The number of fused-ring (bicyclic) bond motifs is 5. The number of alkyl halides is 1. The number of ketones is 1. The topological polar surface area (TPSA) is 77.8 Å². The fraction of sp³-hybridized carbons (Fsp3) is 0.864. The van der Waals surface area contributed by atoms with E-state index in [1.54, 1.807) is 19.1 Å². The predicted octanol–water partition coefficient (Wildman–Crippen LogP) is 3.22. The molecule has 4 aliphatic carbocycles. The van der Waals surface area contributed by atoms with Crippen molar-refractivity contribution in [1.29, 1.82) is 0 Å². The summed E-state index contributed by atoms with van der Waals surface area (Å²) in [5.74, 6) is -0.244. The van der Waals surface area contributed by atoms with Crippen LogP contribution in [-0.2, 0) is 4.79 Å². The molecular weight excluding hydrogens is 408 g/mol. The Hall–Kier alpha value is -0.230. The van der Waals surface area contributed by atoms with E-state index in [0.717, 1.165) is 32.1 Å². The Morgan fingerprint density at radius 1 is 1.15 bits per heavy atom. The van der Waals surface area contributed by atoms with Crippen molar-refractivity contribution < 1.29 is 20.1 Å². The quantitative estimate of drug-likeness (QED) is 0.432. The number of Topliss-reactive ketones (excluding diaryl/α,β-unsaturated/α-hetero) is 1. The summed E-state index contributed by atoms with van der Waals surface area (Å²) in [6.45, 7) is 6.10. The van der Waals surface area contributed by atoms with Crippen LogP contribution in [0, 0.1) is 34.5 Å². The Morgan fingerprint density at radius 3 is 2.52 bits per heavy atom. The Morgan fingerprint density at radius 2 is 1.85 bits per heavy atom. The van der Waals surface area contributed by atoms with Gasteiger partial charge in [-0.3, -0.25) is 4.79 Å². The van der Waals surface area contributed by atoms with E-state index < -0.39 is 29.0 Å². The van der Waals surface area contributed by atoms with E-state index in [1.165, 1.54) is 0 Å². The standard InChI is InChI=1S/C22H33BrO4/c1-4-7-22(27)19(26)18(25)17-16-14(6-9-21(17,22)3)20(2)8-5-13(23)10-12(20)11-15(16)24/h4,7,12-18,24-25,27H,5-6,8-11H2,1-3H3/b7-4+/t12-,13-,14?,15-,16?,17?,18-,20-,21-,22-/m0/s1. The molecule has 10 atom stereocenters. The second kappa shape index (κ2) is 6.38. The Bertz CT molecular complexity index is 665. The molecule has 0 saturated heterocycles. The lowest BCUT2D eigenvalue weighted by molar-refractivity contribution is -0.186. The van der Waals surface area contributed by atoms with Crippen molar-refractivity contribution in [2.24, 2.45) is 34.5 Å². The molecule has 0 spiro atoms. The maximum absolute atomic E-state index is 12.9. The summed E-state index contributed by atoms with van der Waals surface area (Å²) in [4.78, 5) is 13.5. The van der Waals surface area contributed by atoms with Gasteiger partial charge in [0.25, 0.3) is 0 Å². The van der Waals surface area contributed by atoms with Gasteiger partial charge < -0.3 is 15.3 Å². The van der Waals surface area contributed by atoms with Gasteiger partial charge in [-0.25, -0.2) is 0 Å². The lowest BCUT2D eigenvalue weighted by Gasteiger charge is -2.62. The average molecular weight is 441 g/mol. The molecule has 0 amide bonds. The van der Waals surface area contributed by atoms with Crippen molar-refractivity contribution in [3.63, 3.8) is 0 Å². The van der Waals surface area contributed by atoms with Crippen LogP contribution in [0.3, 0.4) is 0 Å². The van der Waals surface area contributed by atoms with Crippen LogP contribution in [0.1, 0.15) is 59.3 Å². The number of rotatable bonds is 1. The van der Waals surface area contributed by atoms with Crippen LogP contribution < -0.4 is 0 Å². The SMILES string of the molecule is C/C=C/[C@]1(O)C(=O)[C@@H](O)C2C3C(CC[C@@]21C)[C@@]1(C)CC[C@H](Br)C[C@H]1C[C@@H]3O. The van der Waals surface area contributed by atoms with Crippen molar-refractivity contribution >= 4 is 21.7 Å². The number of aliphatic hydroxyl groups is 3. The number of hydrogen-bond donors (Lipinski definition) is 3. The predicted molar refractivity (Wildman–Crippen MR) is 107 cm³/mol.